The van der Waals surface area contributed by atoms with Crippen LogP contribution in [0, 0.1) is 4.91 Å². The van der Waals surface area contributed by atoms with Crippen LogP contribution in [0.2, 0.25) is 5.02 Å². The zero-order valence-corrected chi connectivity index (χ0v) is 13.4. The fourth-order valence-electron chi connectivity index (χ4n) is 2.07. The third-order valence-corrected chi connectivity index (χ3v) is 3.58. The highest BCUT2D eigenvalue weighted by Crippen LogP contribution is 2.30. The van der Waals surface area contributed by atoms with Crippen molar-refractivity contribution in [2.24, 2.45) is 15.4 Å². The standard InChI is InChI=1S/C16H17ClN4O2/c1-2-21(9-10-22)14-6-3-12(4-7-14)18-19-16-8-5-13(20-23)11-15(16)17/h3-8,11,22H,2,9-10H2,1H3/b19-18+. The average molecular weight is 333 g/mol. The summed E-state index contributed by atoms with van der Waals surface area (Å²) in [5.74, 6) is 0. The second-order valence-corrected chi connectivity index (χ2v) is 5.15. The first kappa shape index (κ1) is 17.1. The maximum absolute atomic E-state index is 10.4. The Morgan fingerprint density at radius 2 is 1.78 bits per heavy atom. The number of azo groups is 1. The fourth-order valence-corrected chi connectivity index (χ4v) is 2.28. The SMILES string of the molecule is CCN(CCO)c1ccc(/N=N/c2ccc(N=O)cc2Cl)cc1. The minimum absolute atomic E-state index is 0.111. The van der Waals surface area contributed by atoms with Crippen LogP contribution in [0.4, 0.5) is 22.7 Å². The number of anilines is 1. The molecule has 0 aliphatic rings. The molecule has 2 aromatic rings. The van der Waals surface area contributed by atoms with Gasteiger partial charge < -0.3 is 10.0 Å². The van der Waals surface area contributed by atoms with E-state index in [1.807, 2.05) is 31.2 Å². The molecule has 0 amide bonds. The normalized spacial score (nSPS) is 10.9. The van der Waals surface area contributed by atoms with Gasteiger partial charge in [0.2, 0.25) is 0 Å². The molecule has 0 aliphatic carbocycles. The molecule has 0 radical (unpaired) electrons. The molecule has 120 valence electrons. The Morgan fingerprint density at radius 3 is 2.35 bits per heavy atom. The highest BCUT2D eigenvalue weighted by Gasteiger charge is 2.04. The fraction of sp³-hybridized carbons (Fsp3) is 0.250. The molecule has 7 heteroatoms. The van der Waals surface area contributed by atoms with E-state index in [9.17, 15) is 4.91 Å². The molecule has 2 rings (SSSR count). The number of nitroso groups, excluding NO2 is 1. The number of benzene rings is 2. The van der Waals surface area contributed by atoms with Crippen LogP contribution in [0.3, 0.4) is 0 Å². The van der Waals surface area contributed by atoms with Crippen LogP contribution < -0.4 is 4.90 Å². The van der Waals surface area contributed by atoms with Gasteiger partial charge in [0.1, 0.15) is 11.4 Å². The van der Waals surface area contributed by atoms with E-state index in [1.54, 1.807) is 6.07 Å². The van der Waals surface area contributed by atoms with Crippen LogP contribution in [0.15, 0.2) is 57.9 Å². The monoisotopic (exact) mass is 332 g/mol. The number of rotatable bonds is 7. The van der Waals surface area contributed by atoms with Crippen LogP contribution in [0.1, 0.15) is 6.92 Å². The molecule has 2 aromatic carbocycles. The predicted octanol–water partition coefficient (Wildman–Crippen LogP) is 4.97. The van der Waals surface area contributed by atoms with Gasteiger partial charge in [-0.1, -0.05) is 11.6 Å². The van der Waals surface area contributed by atoms with Crippen LogP contribution in [-0.4, -0.2) is 24.8 Å². The Kier molecular flexibility index (Phi) is 6.19. The Hall–Kier alpha value is -2.31. The van der Waals surface area contributed by atoms with E-state index in [0.29, 0.717) is 22.9 Å². The van der Waals surface area contributed by atoms with E-state index in [1.165, 1.54) is 12.1 Å². The number of nitrogens with zero attached hydrogens (tertiary/aromatic N) is 4. The summed E-state index contributed by atoms with van der Waals surface area (Å²) in [5, 5.41) is 20.4. The second kappa shape index (κ2) is 8.36. The van der Waals surface area contributed by atoms with Crippen LogP contribution in [-0.2, 0) is 0 Å². The van der Waals surface area contributed by atoms with E-state index in [0.717, 1.165) is 12.2 Å². The first-order valence-corrected chi connectivity index (χ1v) is 7.56. The summed E-state index contributed by atoms with van der Waals surface area (Å²) >= 11 is 6.01. The van der Waals surface area contributed by atoms with Crippen molar-refractivity contribution in [3.63, 3.8) is 0 Å². The van der Waals surface area contributed by atoms with Gasteiger partial charge in [-0.2, -0.15) is 5.11 Å². The zero-order chi connectivity index (χ0) is 16.7. The molecule has 0 fully saturated rings. The summed E-state index contributed by atoms with van der Waals surface area (Å²) in [5.41, 5.74) is 2.42. The maximum atomic E-state index is 10.4. The lowest BCUT2D eigenvalue weighted by Gasteiger charge is -2.21. The van der Waals surface area contributed by atoms with Gasteiger partial charge in [-0.25, -0.2) is 0 Å². The first-order valence-electron chi connectivity index (χ1n) is 7.18. The molecular weight excluding hydrogens is 316 g/mol. The Morgan fingerprint density at radius 1 is 1.09 bits per heavy atom. The lowest BCUT2D eigenvalue weighted by Crippen LogP contribution is -2.25. The van der Waals surface area contributed by atoms with E-state index < -0.39 is 0 Å². The average Bonchev–Trinajstić information content (AvgIpc) is 2.59. The number of aliphatic hydroxyl groups excluding tert-OH is 1. The summed E-state index contributed by atoms with van der Waals surface area (Å²) in [6.07, 6.45) is 0. The lowest BCUT2D eigenvalue weighted by atomic mass is 10.2. The zero-order valence-electron chi connectivity index (χ0n) is 12.7. The third kappa shape index (κ3) is 4.58. The number of aliphatic hydroxyl groups is 1. The van der Waals surface area contributed by atoms with Crippen molar-refractivity contribution < 1.29 is 5.11 Å². The summed E-state index contributed by atoms with van der Waals surface area (Å²) in [6.45, 7) is 3.54. The van der Waals surface area contributed by atoms with Gasteiger partial charge >= 0.3 is 0 Å². The van der Waals surface area contributed by atoms with Gasteiger partial charge in [-0.15, -0.1) is 10.0 Å². The van der Waals surface area contributed by atoms with Gasteiger partial charge in [0.15, 0.2) is 0 Å². The van der Waals surface area contributed by atoms with E-state index in [2.05, 4.69) is 20.3 Å². The van der Waals surface area contributed by atoms with Crippen molar-refractivity contribution in [2.45, 2.75) is 6.92 Å². The largest absolute Gasteiger partial charge is 0.395 e. The summed E-state index contributed by atoms with van der Waals surface area (Å²) in [7, 11) is 0. The topological polar surface area (TPSA) is 77.6 Å². The van der Waals surface area contributed by atoms with Gasteiger partial charge in [0.25, 0.3) is 0 Å². The van der Waals surface area contributed by atoms with E-state index in [4.69, 9.17) is 16.7 Å². The maximum Gasteiger partial charge on any atom is 0.109 e. The molecule has 0 bridgehead atoms. The minimum atomic E-state index is 0.111. The smallest absolute Gasteiger partial charge is 0.109 e. The Bertz CT molecular complexity index is 689. The van der Waals surface area contributed by atoms with Crippen LogP contribution in [0.5, 0.6) is 0 Å². The van der Waals surface area contributed by atoms with Gasteiger partial charge in [0.05, 0.1) is 17.3 Å². The number of halogens is 1. The highest BCUT2D eigenvalue weighted by molar-refractivity contribution is 6.33. The minimum Gasteiger partial charge on any atom is -0.395 e. The number of likely N-dealkylation sites (N-methyl/N-ethyl adjacent to an activating group) is 1. The van der Waals surface area contributed by atoms with Crippen molar-refractivity contribution in [3.8, 4) is 0 Å². The molecule has 0 aromatic heterocycles. The Balaban J connectivity index is 2.12. The van der Waals surface area contributed by atoms with Crippen molar-refractivity contribution in [3.05, 3.63) is 52.4 Å². The molecule has 0 spiro atoms. The van der Waals surface area contributed by atoms with Crippen molar-refractivity contribution in [1.29, 1.82) is 0 Å². The van der Waals surface area contributed by atoms with E-state index >= 15 is 0 Å². The molecule has 23 heavy (non-hydrogen) atoms. The molecule has 0 unspecified atom stereocenters. The predicted molar refractivity (Wildman–Crippen MR) is 92.5 cm³/mol. The second-order valence-electron chi connectivity index (χ2n) is 4.75. The quantitative estimate of drug-likeness (QED) is 0.574. The molecule has 1 N–H and O–H groups in total. The molecule has 0 saturated carbocycles. The summed E-state index contributed by atoms with van der Waals surface area (Å²) < 4.78 is 0. The van der Waals surface area contributed by atoms with Crippen molar-refractivity contribution in [2.75, 3.05) is 24.6 Å². The number of hydrogen-bond acceptors (Lipinski definition) is 6. The lowest BCUT2D eigenvalue weighted by molar-refractivity contribution is 0.302. The van der Waals surface area contributed by atoms with Gasteiger partial charge in [0, 0.05) is 18.8 Å². The Labute approximate surface area is 139 Å². The highest BCUT2D eigenvalue weighted by atomic mass is 35.5. The van der Waals surface area contributed by atoms with Crippen LogP contribution >= 0.6 is 11.6 Å². The van der Waals surface area contributed by atoms with Crippen molar-refractivity contribution in [1.82, 2.24) is 0 Å². The molecular formula is C16H17ClN4O2. The number of hydrogen-bond donors (Lipinski definition) is 1. The van der Waals surface area contributed by atoms with E-state index in [-0.39, 0.29) is 12.3 Å². The molecule has 0 atom stereocenters. The summed E-state index contributed by atoms with van der Waals surface area (Å²) in [4.78, 5) is 12.5. The molecule has 6 nitrogen and oxygen atoms in total. The molecule has 0 saturated heterocycles. The van der Waals surface area contributed by atoms with Gasteiger partial charge in [-0.3, -0.25) is 0 Å². The van der Waals surface area contributed by atoms with Crippen molar-refractivity contribution >= 4 is 34.4 Å². The molecule has 0 heterocycles. The molecule has 0 aliphatic heterocycles. The van der Waals surface area contributed by atoms with Crippen LogP contribution in [0.25, 0.3) is 0 Å². The first-order chi connectivity index (χ1) is 11.2. The third-order valence-electron chi connectivity index (χ3n) is 3.28. The summed E-state index contributed by atoms with van der Waals surface area (Å²) in [6, 6.07) is 12.1. The van der Waals surface area contributed by atoms with Gasteiger partial charge in [-0.05, 0) is 54.6 Å².